The summed E-state index contributed by atoms with van der Waals surface area (Å²) in [6.45, 7) is 5.60. The standard InChI is InChI=1S/C9H9N.CHN/c1-7-2-3-9-8(6-7)4-5-10-9;1-2/h2-6,10H,1H3;1H. The first kappa shape index (κ1) is 8.35. The van der Waals surface area contributed by atoms with Crippen molar-refractivity contribution in [3.05, 3.63) is 36.0 Å². The van der Waals surface area contributed by atoms with Crippen LogP contribution in [0.5, 0.6) is 0 Å². The maximum Gasteiger partial charge on any atom is 0.0462 e. The number of hydrogen-bond donors (Lipinski definition) is 1. The van der Waals surface area contributed by atoms with Gasteiger partial charge in [0, 0.05) is 18.3 Å². The van der Waals surface area contributed by atoms with Crippen LogP contribution >= 0.6 is 0 Å². The normalized spacial score (nSPS) is 8.92. The van der Waals surface area contributed by atoms with Gasteiger partial charge >= 0.3 is 0 Å². The van der Waals surface area contributed by atoms with E-state index in [4.69, 9.17) is 5.26 Å². The summed E-state index contributed by atoms with van der Waals surface area (Å²) in [5.41, 5.74) is 2.53. The van der Waals surface area contributed by atoms with Crippen molar-refractivity contribution in [2.24, 2.45) is 0 Å². The van der Waals surface area contributed by atoms with Crippen LogP contribution in [-0.4, -0.2) is 4.98 Å². The van der Waals surface area contributed by atoms with Crippen LogP contribution < -0.4 is 0 Å². The van der Waals surface area contributed by atoms with Crippen molar-refractivity contribution in [3.8, 4) is 6.57 Å². The molecule has 1 heterocycles. The van der Waals surface area contributed by atoms with Crippen molar-refractivity contribution in [1.29, 1.82) is 5.26 Å². The Hall–Kier alpha value is -1.75. The highest BCUT2D eigenvalue weighted by Crippen LogP contribution is 2.12. The molecular formula is C10H10N2. The molecule has 0 spiro atoms. The third-order valence-electron chi connectivity index (χ3n) is 1.71. The van der Waals surface area contributed by atoms with Gasteiger partial charge < -0.3 is 4.98 Å². The van der Waals surface area contributed by atoms with Crippen molar-refractivity contribution in [2.75, 3.05) is 0 Å². The van der Waals surface area contributed by atoms with E-state index in [0.717, 1.165) is 0 Å². The molecule has 0 saturated heterocycles. The highest BCUT2D eigenvalue weighted by molar-refractivity contribution is 5.79. The molecule has 0 aliphatic carbocycles. The van der Waals surface area contributed by atoms with Gasteiger partial charge in [0.1, 0.15) is 0 Å². The Labute approximate surface area is 71.5 Å². The van der Waals surface area contributed by atoms with Crippen LogP contribution in [0.25, 0.3) is 10.9 Å². The topological polar surface area (TPSA) is 39.6 Å². The summed E-state index contributed by atoms with van der Waals surface area (Å²) in [5.74, 6) is 0. The lowest BCUT2D eigenvalue weighted by molar-refractivity contribution is 1.46. The molecule has 0 aliphatic heterocycles. The van der Waals surface area contributed by atoms with Crippen molar-refractivity contribution < 1.29 is 0 Å². The molecule has 2 rings (SSSR count). The second-order valence-corrected chi connectivity index (χ2v) is 2.57. The van der Waals surface area contributed by atoms with Crippen molar-refractivity contribution >= 4 is 10.9 Å². The first-order valence-corrected chi connectivity index (χ1v) is 3.66. The number of benzene rings is 1. The Morgan fingerprint density at radius 1 is 1.25 bits per heavy atom. The van der Waals surface area contributed by atoms with Gasteiger partial charge in [-0.15, -0.1) is 0 Å². The first-order valence-electron chi connectivity index (χ1n) is 3.66. The van der Waals surface area contributed by atoms with Gasteiger partial charge in [0.05, 0.1) is 0 Å². The molecule has 1 aromatic carbocycles. The molecule has 0 amide bonds. The summed E-state index contributed by atoms with van der Waals surface area (Å²) in [5, 5.41) is 7.79. The largest absolute Gasteiger partial charge is 0.361 e. The molecule has 0 aliphatic rings. The van der Waals surface area contributed by atoms with Crippen LogP contribution in [-0.2, 0) is 0 Å². The zero-order valence-corrected chi connectivity index (χ0v) is 6.91. The Morgan fingerprint density at radius 2 is 2.00 bits per heavy atom. The van der Waals surface area contributed by atoms with Gasteiger partial charge in [-0.25, -0.2) is 5.26 Å². The smallest absolute Gasteiger partial charge is 0.0462 e. The Kier molecular flexibility index (Phi) is 2.49. The lowest BCUT2D eigenvalue weighted by atomic mass is 10.2. The van der Waals surface area contributed by atoms with Crippen LogP contribution in [0, 0.1) is 18.8 Å². The number of H-pyrrole nitrogens is 1. The van der Waals surface area contributed by atoms with E-state index in [0.29, 0.717) is 0 Å². The molecule has 2 heteroatoms. The monoisotopic (exact) mass is 158 g/mol. The number of nitrogens with one attached hydrogen (secondary N) is 1. The SMILES string of the molecule is C#N.Cc1ccc2[nH]ccc2c1. The van der Waals surface area contributed by atoms with E-state index in [2.05, 4.69) is 42.7 Å². The van der Waals surface area contributed by atoms with Crippen LogP contribution in [0.4, 0.5) is 0 Å². The highest BCUT2D eigenvalue weighted by Gasteiger charge is 1.90. The average Bonchev–Trinajstić information content (AvgIpc) is 2.54. The number of hydrogen-bond acceptors (Lipinski definition) is 1. The van der Waals surface area contributed by atoms with Crippen LogP contribution in [0.15, 0.2) is 30.5 Å². The number of aryl methyl sites for hydroxylation is 1. The fourth-order valence-electron chi connectivity index (χ4n) is 1.17. The van der Waals surface area contributed by atoms with E-state index in [9.17, 15) is 0 Å². The van der Waals surface area contributed by atoms with E-state index < -0.39 is 0 Å². The molecule has 0 bridgehead atoms. The lowest BCUT2D eigenvalue weighted by Crippen LogP contribution is -1.69. The molecule has 0 atom stereocenters. The number of fused-ring (bicyclic) bond motifs is 1. The second-order valence-electron chi connectivity index (χ2n) is 2.57. The average molecular weight is 158 g/mol. The van der Waals surface area contributed by atoms with Gasteiger partial charge in [-0.1, -0.05) is 11.6 Å². The molecule has 2 aromatic rings. The van der Waals surface area contributed by atoms with Crippen LogP contribution in [0.1, 0.15) is 5.56 Å². The van der Waals surface area contributed by atoms with E-state index >= 15 is 0 Å². The van der Waals surface area contributed by atoms with Gasteiger partial charge in [0.25, 0.3) is 0 Å². The summed E-state index contributed by atoms with van der Waals surface area (Å²) < 4.78 is 0. The van der Waals surface area contributed by atoms with E-state index in [1.54, 1.807) is 0 Å². The third kappa shape index (κ3) is 1.46. The number of nitrogens with zero attached hydrogens (tertiary/aromatic N) is 1. The van der Waals surface area contributed by atoms with E-state index in [1.807, 2.05) is 6.20 Å². The van der Waals surface area contributed by atoms with Gasteiger partial charge in [-0.05, 0) is 30.5 Å². The summed E-state index contributed by atoms with van der Waals surface area (Å²) in [6.07, 6.45) is 1.96. The van der Waals surface area contributed by atoms with Crippen molar-refractivity contribution in [2.45, 2.75) is 6.92 Å². The summed E-state index contributed by atoms with van der Waals surface area (Å²) in [4.78, 5) is 3.15. The lowest BCUT2D eigenvalue weighted by Gasteiger charge is -1.90. The van der Waals surface area contributed by atoms with E-state index in [1.165, 1.54) is 16.5 Å². The molecule has 0 fully saturated rings. The van der Waals surface area contributed by atoms with Crippen LogP contribution in [0.3, 0.4) is 0 Å². The fourth-order valence-corrected chi connectivity index (χ4v) is 1.17. The summed E-state index contributed by atoms with van der Waals surface area (Å²) in [6, 6.07) is 8.47. The summed E-state index contributed by atoms with van der Waals surface area (Å²) in [7, 11) is 0. The van der Waals surface area contributed by atoms with Gasteiger partial charge in [-0.2, -0.15) is 0 Å². The zero-order valence-electron chi connectivity index (χ0n) is 6.91. The Bertz CT molecular complexity index is 385. The van der Waals surface area contributed by atoms with Crippen molar-refractivity contribution in [3.63, 3.8) is 0 Å². The van der Waals surface area contributed by atoms with Gasteiger partial charge in [-0.3, -0.25) is 0 Å². The number of nitriles is 1. The molecule has 12 heavy (non-hydrogen) atoms. The number of rotatable bonds is 0. The maximum atomic E-state index is 6.50. The molecule has 1 N–H and O–H groups in total. The molecule has 1 aromatic heterocycles. The number of aromatic amines is 1. The van der Waals surface area contributed by atoms with Gasteiger partial charge in [0.2, 0.25) is 0 Å². The van der Waals surface area contributed by atoms with Crippen LogP contribution in [0.2, 0.25) is 0 Å². The minimum absolute atomic E-state index is 1.21. The molecule has 0 unspecified atom stereocenters. The fraction of sp³-hybridized carbons (Fsp3) is 0.100. The predicted molar refractivity (Wildman–Crippen MR) is 49.7 cm³/mol. The molecule has 0 radical (unpaired) electrons. The van der Waals surface area contributed by atoms with E-state index in [-0.39, 0.29) is 0 Å². The quantitative estimate of drug-likeness (QED) is 0.629. The number of aromatic nitrogens is 1. The minimum atomic E-state index is 1.21. The predicted octanol–water partition coefficient (Wildman–Crippen LogP) is 2.62. The molecule has 0 saturated carbocycles. The molecule has 60 valence electrons. The zero-order chi connectivity index (χ0) is 8.97. The summed E-state index contributed by atoms with van der Waals surface area (Å²) >= 11 is 0. The molecular weight excluding hydrogens is 148 g/mol. The highest BCUT2D eigenvalue weighted by atomic mass is 14.7. The second kappa shape index (κ2) is 3.59. The third-order valence-corrected chi connectivity index (χ3v) is 1.71. The minimum Gasteiger partial charge on any atom is -0.361 e. The van der Waals surface area contributed by atoms with Gasteiger partial charge in [0.15, 0.2) is 0 Å². The Balaban J connectivity index is 0.000000336. The first-order chi connectivity index (χ1) is 5.86. The molecule has 2 nitrogen and oxygen atoms in total. The maximum absolute atomic E-state index is 6.50. The van der Waals surface area contributed by atoms with Crippen molar-refractivity contribution in [1.82, 2.24) is 4.98 Å². The Morgan fingerprint density at radius 3 is 2.75 bits per heavy atom.